The van der Waals surface area contributed by atoms with Crippen molar-refractivity contribution in [2.24, 2.45) is 0 Å². The van der Waals surface area contributed by atoms with E-state index >= 15 is 0 Å². The van der Waals surface area contributed by atoms with Crippen LogP contribution in [0.25, 0.3) is 0 Å². The van der Waals surface area contributed by atoms with Crippen LogP contribution >= 0.6 is 34.5 Å². The average Bonchev–Trinajstić information content (AvgIpc) is 2.82. The van der Waals surface area contributed by atoms with Gasteiger partial charge >= 0.3 is 0 Å². The topological polar surface area (TPSA) is 34.2 Å². The van der Waals surface area contributed by atoms with Gasteiger partial charge < -0.3 is 10.1 Å². The first-order valence-corrected chi connectivity index (χ1v) is 7.97. The second-order valence-electron chi connectivity index (χ2n) is 4.74. The molecule has 20 heavy (non-hydrogen) atoms. The lowest BCUT2D eigenvalue weighted by Crippen LogP contribution is -2.26. The van der Waals surface area contributed by atoms with Crippen LogP contribution in [0.5, 0.6) is 5.75 Å². The van der Waals surface area contributed by atoms with Crippen LogP contribution in [0.2, 0.25) is 10.0 Å². The monoisotopic (exact) mass is 328 g/mol. The van der Waals surface area contributed by atoms with E-state index in [2.05, 4.69) is 17.2 Å². The van der Waals surface area contributed by atoms with Gasteiger partial charge in [-0.15, -0.1) is 11.3 Å². The zero-order valence-corrected chi connectivity index (χ0v) is 13.3. The van der Waals surface area contributed by atoms with Gasteiger partial charge in [0.15, 0.2) is 0 Å². The first kappa shape index (κ1) is 14.1. The third-order valence-electron chi connectivity index (χ3n) is 3.23. The molecule has 6 heteroatoms. The molecule has 1 aromatic heterocycles. The molecule has 1 aliphatic heterocycles. The summed E-state index contributed by atoms with van der Waals surface area (Å²) in [6, 6.07) is 3.83. The van der Waals surface area contributed by atoms with Gasteiger partial charge in [-0.2, -0.15) is 0 Å². The molecular weight excluding hydrogens is 315 g/mol. The average molecular weight is 329 g/mol. The molecule has 1 aliphatic rings. The van der Waals surface area contributed by atoms with Crippen LogP contribution in [0.3, 0.4) is 0 Å². The van der Waals surface area contributed by atoms with Crippen LogP contribution in [0.4, 0.5) is 0 Å². The van der Waals surface area contributed by atoms with Gasteiger partial charge in [-0.05, 0) is 19.1 Å². The normalized spacial score (nSPS) is 17.6. The van der Waals surface area contributed by atoms with Gasteiger partial charge in [-0.3, -0.25) is 0 Å². The molecule has 3 rings (SSSR count). The summed E-state index contributed by atoms with van der Waals surface area (Å²) in [6.45, 7) is 3.46. The predicted molar refractivity (Wildman–Crippen MR) is 83.0 cm³/mol. The number of thiazole rings is 1. The molecule has 3 nitrogen and oxygen atoms in total. The smallest absolute Gasteiger partial charge is 0.142 e. The molecule has 1 unspecified atom stereocenters. The minimum Gasteiger partial charge on any atom is -0.492 e. The fourth-order valence-corrected chi connectivity index (χ4v) is 3.63. The van der Waals surface area contributed by atoms with Crippen molar-refractivity contribution in [2.75, 3.05) is 6.61 Å². The van der Waals surface area contributed by atoms with E-state index in [9.17, 15) is 0 Å². The lowest BCUT2D eigenvalue weighted by molar-refractivity contribution is 0.252. The van der Waals surface area contributed by atoms with E-state index in [0.717, 1.165) is 29.3 Å². The molecule has 0 fully saturated rings. The Morgan fingerprint density at radius 2 is 2.30 bits per heavy atom. The highest BCUT2D eigenvalue weighted by Crippen LogP contribution is 2.40. The van der Waals surface area contributed by atoms with Crippen molar-refractivity contribution in [3.05, 3.63) is 43.8 Å². The lowest BCUT2D eigenvalue weighted by Gasteiger charge is -2.27. The highest BCUT2D eigenvalue weighted by molar-refractivity contribution is 7.11. The van der Waals surface area contributed by atoms with Crippen molar-refractivity contribution >= 4 is 34.5 Å². The molecule has 1 N–H and O–H groups in total. The van der Waals surface area contributed by atoms with Crippen molar-refractivity contribution in [3.8, 4) is 5.75 Å². The largest absolute Gasteiger partial charge is 0.492 e. The quantitative estimate of drug-likeness (QED) is 0.908. The summed E-state index contributed by atoms with van der Waals surface area (Å²) in [4.78, 5) is 5.59. The zero-order chi connectivity index (χ0) is 14.1. The molecule has 0 saturated heterocycles. The Balaban J connectivity index is 1.79. The van der Waals surface area contributed by atoms with Crippen LogP contribution in [-0.2, 0) is 6.54 Å². The molecule has 2 heterocycles. The van der Waals surface area contributed by atoms with Gasteiger partial charge in [-0.1, -0.05) is 23.2 Å². The number of aromatic nitrogens is 1. The highest BCUT2D eigenvalue weighted by Gasteiger charge is 2.24. The maximum atomic E-state index is 6.19. The van der Waals surface area contributed by atoms with Crippen LogP contribution in [0.15, 0.2) is 18.3 Å². The van der Waals surface area contributed by atoms with E-state index in [1.165, 1.54) is 4.88 Å². The standard InChI is InChI=1S/C14H14Cl2N2OS/c1-8-6-18-13(20-8)7-17-12-2-3-19-14-10(12)4-9(15)5-11(14)16/h4-6,12,17H,2-3,7H2,1H3. The summed E-state index contributed by atoms with van der Waals surface area (Å²) in [5.74, 6) is 0.745. The molecule has 2 aromatic rings. The Morgan fingerprint density at radius 1 is 1.45 bits per heavy atom. The van der Waals surface area contributed by atoms with Gasteiger partial charge in [0.2, 0.25) is 0 Å². The molecule has 1 aromatic carbocycles. The van der Waals surface area contributed by atoms with Crippen molar-refractivity contribution in [1.82, 2.24) is 10.3 Å². The number of halogens is 2. The maximum Gasteiger partial charge on any atom is 0.142 e. The van der Waals surface area contributed by atoms with E-state index in [0.29, 0.717) is 16.7 Å². The number of hydrogen-bond acceptors (Lipinski definition) is 4. The lowest BCUT2D eigenvalue weighted by atomic mass is 10.0. The molecule has 0 aliphatic carbocycles. The molecular formula is C14H14Cl2N2OS. The van der Waals surface area contributed by atoms with Crippen molar-refractivity contribution in [2.45, 2.75) is 25.9 Å². The third kappa shape index (κ3) is 2.93. The highest BCUT2D eigenvalue weighted by atomic mass is 35.5. The van der Waals surface area contributed by atoms with Crippen LogP contribution in [-0.4, -0.2) is 11.6 Å². The summed E-state index contributed by atoms with van der Waals surface area (Å²) in [5, 5.41) is 5.81. The van der Waals surface area contributed by atoms with Gasteiger partial charge in [0.25, 0.3) is 0 Å². The van der Waals surface area contributed by atoms with E-state index < -0.39 is 0 Å². The number of aryl methyl sites for hydroxylation is 1. The summed E-state index contributed by atoms with van der Waals surface area (Å²) in [6.07, 6.45) is 2.79. The zero-order valence-electron chi connectivity index (χ0n) is 11.0. The van der Waals surface area contributed by atoms with Gasteiger partial charge in [0.05, 0.1) is 11.6 Å². The van der Waals surface area contributed by atoms with E-state index in [4.69, 9.17) is 27.9 Å². The van der Waals surface area contributed by atoms with Gasteiger partial charge in [-0.25, -0.2) is 4.98 Å². The fourth-order valence-electron chi connectivity index (χ4n) is 2.33. The van der Waals surface area contributed by atoms with E-state index in [1.807, 2.05) is 12.3 Å². The number of nitrogens with zero attached hydrogens (tertiary/aromatic N) is 1. The second kappa shape index (κ2) is 5.90. The Labute approximate surface area is 131 Å². The molecule has 106 valence electrons. The summed E-state index contributed by atoms with van der Waals surface area (Å²) in [5.41, 5.74) is 1.03. The minimum absolute atomic E-state index is 0.194. The minimum atomic E-state index is 0.194. The van der Waals surface area contributed by atoms with Gasteiger partial charge in [0, 0.05) is 40.7 Å². The summed E-state index contributed by atoms with van der Waals surface area (Å²) >= 11 is 14.0. The summed E-state index contributed by atoms with van der Waals surface area (Å²) < 4.78 is 5.65. The number of rotatable bonds is 3. The van der Waals surface area contributed by atoms with Crippen molar-refractivity contribution < 1.29 is 4.74 Å². The van der Waals surface area contributed by atoms with E-state index in [1.54, 1.807) is 17.4 Å². The van der Waals surface area contributed by atoms with Crippen molar-refractivity contribution in [3.63, 3.8) is 0 Å². The SMILES string of the molecule is Cc1cnc(CNC2CCOc3c(Cl)cc(Cl)cc32)s1. The Bertz CT molecular complexity index is 630. The van der Waals surface area contributed by atoms with E-state index in [-0.39, 0.29) is 6.04 Å². The van der Waals surface area contributed by atoms with Crippen molar-refractivity contribution in [1.29, 1.82) is 0 Å². The molecule has 0 saturated carbocycles. The van der Waals surface area contributed by atoms with Gasteiger partial charge in [0.1, 0.15) is 10.8 Å². The number of ether oxygens (including phenoxy) is 1. The van der Waals surface area contributed by atoms with Crippen LogP contribution in [0.1, 0.15) is 27.9 Å². The number of fused-ring (bicyclic) bond motifs is 1. The number of hydrogen-bond donors (Lipinski definition) is 1. The molecule has 0 amide bonds. The summed E-state index contributed by atoms with van der Waals surface area (Å²) in [7, 11) is 0. The Morgan fingerprint density at radius 3 is 3.05 bits per heavy atom. The maximum absolute atomic E-state index is 6.19. The Kier molecular flexibility index (Phi) is 4.17. The van der Waals surface area contributed by atoms with Crippen LogP contribution < -0.4 is 10.1 Å². The Hall–Kier alpha value is -0.810. The van der Waals surface area contributed by atoms with Crippen LogP contribution in [0, 0.1) is 6.92 Å². The first-order valence-electron chi connectivity index (χ1n) is 6.40. The molecule has 0 bridgehead atoms. The first-order chi connectivity index (χ1) is 9.63. The third-order valence-corrected chi connectivity index (χ3v) is 4.65. The fraction of sp³-hybridized carbons (Fsp3) is 0.357. The molecule has 1 atom stereocenters. The number of nitrogens with one attached hydrogen (secondary N) is 1. The second-order valence-corrected chi connectivity index (χ2v) is 6.90. The molecule has 0 spiro atoms. The molecule has 0 radical (unpaired) electrons. The number of benzene rings is 1. The predicted octanol–water partition coefficient (Wildman–Crippen LogP) is 4.37.